The number of carbonyl (C=O) groups is 1. The normalized spacial score (nSPS) is 15.2. The van der Waals surface area contributed by atoms with Gasteiger partial charge in [0.2, 0.25) is 11.5 Å². The molecule has 4 rings (SSSR count). The third-order valence-corrected chi connectivity index (χ3v) is 5.75. The summed E-state index contributed by atoms with van der Waals surface area (Å²) in [6.07, 6.45) is 3.10. The van der Waals surface area contributed by atoms with Crippen molar-refractivity contribution < 1.29 is 9.72 Å². The lowest BCUT2D eigenvalue weighted by Crippen LogP contribution is -2.44. The number of piperidine rings is 1. The molecule has 4 heterocycles. The lowest BCUT2D eigenvalue weighted by Gasteiger charge is -2.32. The molecule has 0 bridgehead atoms. The molecule has 0 aromatic carbocycles. The van der Waals surface area contributed by atoms with E-state index in [0.717, 1.165) is 17.7 Å². The van der Waals surface area contributed by atoms with E-state index in [0.29, 0.717) is 29.4 Å². The Hall–Kier alpha value is -2.94. The van der Waals surface area contributed by atoms with Crippen LogP contribution in [0.4, 0.5) is 11.6 Å². The Kier molecular flexibility index (Phi) is 4.53. The average molecular weight is 385 g/mol. The molecule has 3 aromatic heterocycles. The number of nitrogens with one attached hydrogen (secondary N) is 1. The van der Waals surface area contributed by atoms with Crippen LogP contribution in [0, 0.1) is 17.0 Å². The van der Waals surface area contributed by atoms with Crippen molar-refractivity contribution in [2.45, 2.75) is 25.8 Å². The van der Waals surface area contributed by atoms with Crippen LogP contribution in [0.15, 0.2) is 36.5 Å². The number of nitro groups is 1. The lowest BCUT2D eigenvalue weighted by atomic mass is 10.0. The highest BCUT2D eigenvalue weighted by Gasteiger charge is 2.30. The summed E-state index contributed by atoms with van der Waals surface area (Å²) in [5.74, 6) is 0.331. The molecule has 1 N–H and O–H groups in total. The summed E-state index contributed by atoms with van der Waals surface area (Å²) in [5, 5.41) is 14.6. The number of fused-ring (bicyclic) bond motifs is 1. The first kappa shape index (κ1) is 17.5. The van der Waals surface area contributed by atoms with Crippen molar-refractivity contribution in [1.82, 2.24) is 14.7 Å². The summed E-state index contributed by atoms with van der Waals surface area (Å²) >= 11 is 1.48. The van der Waals surface area contributed by atoms with Gasteiger partial charge in [0.1, 0.15) is 0 Å². The van der Waals surface area contributed by atoms with Gasteiger partial charge in [-0.3, -0.25) is 4.79 Å². The number of nitrogens with zero attached hydrogens (tertiary/aromatic N) is 4. The molecule has 0 saturated carbocycles. The van der Waals surface area contributed by atoms with Crippen LogP contribution >= 0.6 is 11.3 Å². The number of pyridine rings is 1. The molecule has 0 radical (unpaired) electrons. The van der Waals surface area contributed by atoms with Crippen molar-refractivity contribution in [3.05, 3.63) is 56.4 Å². The van der Waals surface area contributed by atoms with Crippen LogP contribution in [0.25, 0.3) is 5.65 Å². The second-order valence-corrected chi connectivity index (χ2v) is 7.88. The zero-order chi connectivity index (χ0) is 19.0. The van der Waals surface area contributed by atoms with Gasteiger partial charge in [-0.05, 0) is 42.9 Å². The van der Waals surface area contributed by atoms with E-state index in [-0.39, 0.29) is 22.7 Å². The summed E-state index contributed by atoms with van der Waals surface area (Å²) in [7, 11) is 0. The maximum absolute atomic E-state index is 12.3. The summed E-state index contributed by atoms with van der Waals surface area (Å²) in [6.45, 7) is 3.19. The van der Waals surface area contributed by atoms with Gasteiger partial charge in [0, 0.05) is 30.1 Å². The van der Waals surface area contributed by atoms with Gasteiger partial charge in [0.25, 0.3) is 5.91 Å². The SMILES string of the molecule is Cc1ccc(C(=O)NC2CCN(c3nc4ccccn4c3[N+](=O)[O-])CC2)s1. The molecule has 3 aromatic rings. The Balaban J connectivity index is 1.46. The van der Waals surface area contributed by atoms with Gasteiger partial charge < -0.3 is 20.3 Å². The fraction of sp³-hybridized carbons (Fsp3) is 0.333. The highest BCUT2D eigenvalue weighted by atomic mass is 32.1. The first-order valence-electron chi connectivity index (χ1n) is 8.76. The third kappa shape index (κ3) is 3.37. The first-order chi connectivity index (χ1) is 13.0. The second-order valence-electron chi connectivity index (χ2n) is 6.59. The van der Waals surface area contributed by atoms with Crippen molar-refractivity contribution in [2.75, 3.05) is 18.0 Å². The van der Waals surface area contributed by atoms with Crippen molar-refractivity contribution in [3.8, 4) is 0 Å². The number of hydrogen-bond acceptors (Lipinski definition) is 6. The molecule has 1 fully saturated rings. The molecular weight excluding hydrogens is 366 g/mol. The van der Waals surface area contributed by atoms with E-state index >= 15 is 0 Å². The highest BCUT2D eigenvalue weighted by Crippen LogP contribution is 2.30. The van der Waals surface area contributed by atoms with Gasteiger partial charge in [-0.2, -0.15) is 9.38 Å². The molecule has 0 atom stereocenters. The topological polar surface area (TPSA) is 92.8 Å². The van der Waals surface area contributed by atoms with E-state index in [4.69, 9.17) is 0 Å². The zero-order valence-corrected chi connectivity index (χ0v) is 15.6. The van der Waals surface area contributed by atoms with Crippen LogP contribution in [-0.2, 0) is 0 Å². The van der Waals surface area contributed by atoms with Gasteiger partial charge >= 0.3 is 5.82 Å². The van der Waals surface area contributed by atoms with Crippen LogP contribution in [0.1, 0.15) is 27.4 Å². The molecule has 0 spiro atoms. The smallest absolute Gasteiger partial charge is 0.358 e. The fourth-order valence-electron chi connectivity index (χ4n) is 3.40. The van der Waals surface area contributed by atoms with Crippen molar-refractivity contribution in [2.24, 2.45) is 0 Å². The van der Waals surface area contributed by atoms with Crippen LogP contribution in [0.5, 0.6) is 0 Å². The molecule has 0 unspecified atom stereocenters. The predicted octanol–water partition coefficient (Wildman–Crippen LogP) is 3.01. The largest absolute Gasteiger partial charge is 0.372 e. The number of amides is 1. The number of rotatable bonds is 4. The first-order valence-corrected chi connectivity index (χ1v) is 9.58. The highest BCUT2D eigenvalue weighted by molar-refractivity contribution is 7.13. The monoisotopic (exact) mass is 385 g/mol. The van der Waals surface area contributed by atoms with E-state index in [1.54, 1.807) is 18.3 Å². The van der Waals surface area contributed by atoms with Crippen molar-refractivity contribution in [3.63, 3.8) is 0 Å². The second kappa shape index (κ2) is 6.99. The van der Waals surface area contributed by atoms with Gasteiger partial charge in [-0.1, -0.05) is 6.07 Å². The number of imidazole rings is 1. The number of carbonyl (C=O) groups excluding carboxylic acids is 1. The Morgan fingerprint density at radius 1 is 1.30 bits per heavy atom. The van der Waals surface area contributed by atoms with Crippen molar-refractivity contribution >= 4 is 34.5 Å². The maximum atomic E-state index is 12.3. The number of thiophene rings is 1. The van der Waals surface area contributed by atoms with E-state index < -0.39 is 0 Å². The summed E-state index contributed by atoms with van der Waals surface area (Å²) in [4.78, 5) is 31.7. The molecular formula is C18H19N5O3S. The van der Waals surface area contributed by atoms with Gasteiger partial charge in [0.15, 0.2) is 0 Å². The minimum Gasteiger partial charge on any atom is -0.358 e. The van der Waals surface area contributed by atoms with Crippen molar-refractivity contribution in [1.29, 1.82) is 0 Å². The zero-order valence-electron chi connectivity index (χ0n) is 14.8. The summed E-state index contributed by atoms with van der Waals surface area (Å²) in [6, 6.07) is 9.15. The third-order valence-electron chi connectivity index (χ3n) is 4.75. The summed E-state index contributed by atoms with van der Waals surface area (Å²) < 4.78 is 1.50. The Bertz CT molecular complexity index is 1000. The average Bonchev–Trinajstić information content (AvgIpc) is 3.26. The Morgan fingerprint density at radius 2 is 2.07 bits per heavy atom. The van der Waals surface area contributed by atoms with E-state index in [2.05, 4.69) is 10.3 Å². The minimum atomic E-state index is -0.387. The van der Waals surface area contributed by atoms with Gasteiger partial charge in [-0.15, -0.1) is 11.3 Å². The van der Waals surface area contributed by atoms with Gasteiger partial charge in [0.05, 0.1) is 11.1 Å². The minimum absolute atomic E-state index is 0.0119. The lowest BCUT2D eigenvalue weighted by molar-refractivity contribution is -0.389. The van der Waals surface area contributed by atoms with E-state index in [9.17, 15) is 14.9 Å². The number of anilines is 1. The van der Waals surface area contributed by atoms with Crippen LogP contribution in [0.3, 0.4) is 0 Å². The van der Waals surface area contributed by atoms with Crippen LogP contribution in [-0.4, -0.2) is 39.3 Å². The molecule has 1 aliphatic heterocycles. The quantitative estimate of drug-likeness (QED) is 0.550. The number of aromatic nitrogens is 2. The Morgan fingerprint density at radius 3 is 2.74 bits per heavy atom. The standard InChI is InChI=1S/C18H19N5O3S/c1-12-5-6-14(27-12)17(24)19-13-7-10-21(11-8-13)16-18(23(25)26)22-9-3-2-4-15(22)20-16/h2-6,9,13H,7-8,10-11H2,1H3,(H,19,24). The summed E-state index contributed by atoms with van der Waals surface area (Å²) in [5.41, 5.74) is 0.558. The van der Waals surface area contributed by atoms with E-state index in [1.165, 1.54) is 15.7 Å². The van der Waals surface area contributed by atoms with Crippen LogP contribution < -0.4 is 10.2 Å². The maximum Gasteiger partial charge on any atom is 0.372 e. The van der Waals surface area contributed by atoms with Gasteiger partial charge in [-0.25, -0.2) is 0 Å². The molecule has 1 aliphatic rings. The number of aryl methyl sites for hydroxylation is 1. The molecule has 1 amide bonds. The molecule has 140 valence electrons. The predicted molar refractivity (Wildman–Crippen MR) is 104 cm³/mol. The molecule has 1 saturated heterocycles. The van der Waals surface area contributed by atoms with E-state index in [1.807, 2.05) is 30.0 Å². The molecule has 27 heavy (non-hydrogen) atoms. The molecule has 0 aliphatic carbocycles. The fourth-order valence-corrected chi connectivity index (χ4v) is 4.17. The Labute approximate surface area is 159 Å². The van der Waals surface area contributed by atoms with Crippen LogP contribution in [0.2, 0.25) is 0 Å². The molecule has 8 nitrogen and oxygen atoms in total. The number of hydrogen-bond donors (Lipinski definition) is 1. The molecule has 9 heteroatoms.